The molecule has 0 spiro atoms. The molecule has 0 atom stereocenters. The second-order valence-electron chi connectivity index (χ2n) is 2.33. The second kappa shape index (κ2) is 3.50. The Balaban J connectivity index is 2.10. The first-order chi connectivity index (χ1) is 6.38. The summed E-state index contributed by atoms with van der Waals surface area (Å²) in [6, 6.07) is 0. The summed E-state index contributed by atoms with van der Waals surface area (Å²) in [4.78, 5) is 4.13. The van der Waals surface area contributed by atoms with Crippen molar-refractivity contribution in [3.8, 4) is 0 Å². The van der Waals surface area contributed by atoms with Gasteiger partial charge in [-0.1, -0.05) is 0 Å². The third-order valence-electron chi connectivity index (χ3n) is 1.40. The number of nitrogens with zero attached hydrogens (tertiary/aromatic N) is 3. The largest absolute Gasteiger partial charge is 0.328 e. The van der Waals surface area contributed by atoms with E-state index in [1.807, 2.05) is 0 Å². The minimum absolute atomic E-state index is 0.365. The zero-order valence-corrected chi connectivity index (χ0v) is 7.51. The standard InChI is InChI=1S/C6H8N6S/c7-1-5-11-6(13-12-5)10-4-2-8-9-3-4/h2-3H,1,7H2,(H,8,9)(H,10,11,12). The zero-order chi connectivity index (χ0) is 9.10. The average Bonchev–Trinajstić information content (AvgIpc) is 2.76. The molecular formula is C6H8N6S. The van der Waals surface area contributed by atoms with E-state index >= 15 is 0 Å². The van der Waals surface area contributed by atoms with Gasteiger partial charge in [-0.15, -0.1) is 0 Å². The first-order valence-electron chi connectivity index (χ1n) is 3.67. The summed E-state index contributed by atoms with van der Waals surface area (Å²) in [5.41, 5.74) is 6.23. The molecule has 0 saturated carbocycles. The lowest BCUT2D eigenvalue weighted by molar-refractivity contribution is 0.959. The van der Waals surface area contributed by atoms with E-state index in [2.05, 4.69) is 24.9 Å². The minimum atomic E-state index is 0.365. The van der Waals surface area contributed by atoms with Gasteiger partial charge in [-0.05, 0) is 0 Å². The lowest BCUT2D eigenvalue weighted by atomic mass is 10.6. The molecule has 13 heavy (non-hydrogen) atoms. The predicted octanol–water partition coefficient (Wildman–Crippen LogP) is 0.463. The Hall–Kier alpha value is -1.47. The molecule has 7 heteroatoms. The Morgan fingerprint density at radius 1 is 1.62 bits per heavy atom. The normalized spacial score (nSPS) is 10.2. The summed E-state index contributed by atoms with van der Waals surface area (Å²) in [6.45, 7) is 0.365. The molecule has 0 aliphatic rings. The van der Waals surface area contributed by atoms with E-state index in [9.17, 15) is 0 Å². The van der Waals surface area contributed by atoms with E-state index in [1.165, 1.54) is 11.5 Å². The van der Waals surface area contributed by atoms with Crippen molar-refractivity contribution in [2.45, 2.75) is 6.54 Å². The van der Waals surface area contributed by atoms with E-state index in [0.29, 0.717) is 12.4 Å². The highest BCUT2D eigenvalue weighted by Gasteiger charge is 2.02. The van der Waals surface area contributed by atoms with Crippen molar-refractivity contribution in [2.75, 3.05) is 5.32 Å². The molecule has 0 bridgehead atoms. The van der Waals surface area contributed by atoms with Crippen LogP contribution in [0.2, 0.25) is 0 Å². The molecule has 6 nitrogen and oxygen atoms in total. The molecule has 0 aromatic carbocycles. The van der Waals surface area contributed by atoms with Gasteiger partial charge in [0, 0.05) is 17.7 Å². The average molecular weight is 196 g/mol. The van der Waals surface area contributed by atoms with Crippen LogP contribution in [0.1, 0.15) is 5.82 Å². The van der Waals surface area contributed by atoms with Crippen molar-refractivity contribution in [3.63, 3.8) is 0 Å². The first kappa shape index (κ1) is 8.14. The minimum Gasteiger partial charge on any atom is -0.328 e. The summed E-state index contributed by atoms with van der Waals surface area (Å²) in [5.74, 6) is 0.649. The molecular weight excluding hydrogens is 188 g/mol. The number of rotatable bonds is 3. The maximum Gasteiger partial charge on any atom is 0.207 e. The lowest BCUT2D eigenvalue weighted by Gasteiger charge is -1.93. The fourth-order valence-electron chi connectivity index (χ4n) is 0.830. The number of H-pyrrole nitrogens is 1. The molecule has 0 unspecified atom stereocenters. The first-order valence-corrected chi connectivity index (χ1v) is 4.44. The Morgan fingerprint density at radius 3 is 3.15 bits per heavy atom. The number of hydrogen-bond acceptors (Lipinski definition) is 6. The van der Waals surface area contributed by atoms with Crippen LogP contribution in [0.3, 0.4) is 0 Å². The van der Waals surface area contributed by atoms with Crippen LogP contribution in [-0.4, -0.2) is 19.6 Å². The molecule has 68 valence electrons. The summed E-state index contributed by atoms with van der Waals surface area (Å²) < 4.78 is 4.03. The van der Waals surface area contributed by atoms with E-state index in [0.717, 1.165) is 10.8 Å². The van der Waals surface area contributed by atoms with Crippen molar-refractivity contribution in [3.05, 3.63) is 18.2 Å². The van der Waals surface area contributed by atoms with Gasteiger partial charge in [0.05, 0.1) is 18.4 Å². The van der Waals surface area contributed by atoms with Gasteiger partial charge in [0.25, 0.3) is 0 Å². The number of aromatic nitrogens is 4. The Morgan fingerprint density at radius 2 is 2.54 bits per heavy atom. The number of hydrogen-bond donors (Lipinski definition) is 3. The van der Waals surface area contributed by atoms with Gasteiger partial charge < -0.3 is 11.1 Å². The highest BCUT2D eigenvalue weighted by Crippen LogP contribution is 2.16. The Kier molecular flexibility index (Phi) is 2.19. The van der Waals surface area contributed by atoms with Crippen molar-refractivity contribution in [1.29, 1.82) is 0 Å². The van der Waals surface area contributed by atoms with Crippen LogP contribution in [0.4, 0.5) is 10.8 Å². The summed E-state index contributed by atoms with van der Waals surface area (Å²) >= 11 is 1.28. The predicted molar refractivity (Wildman–Crippen MR) is 49.7 cm³/mol. The third-order valence-corrected chi connectivity index (χ3v) is 2.07. The molecule has 2 aromatic rings. The Bertz CT molecular complexity index is 366. The number of anilines is 2. The van der Waals surface area contributed by atoms with Gasteiger partial charge in [-0.3, -0.25) is 5.10 Å². The number of nitrogens with one attached hydrogen (secondary N) is 2. The van der Waals surface area contributed by atoms with Gasteiger partial charge in [0.15, 0.2) is 5.82 Å². The van der Waals surface area contributed by atoms with Crippen LogP contribution in [0.5, 0.6) is 0 Å². The van der Waals surface area contributed by atoms with Gasteiger partial charge in [0.1, 0.15) is 0 Å². The molecule has 0 fully saturated rings. The van der Waals surface area contributed by atoms with Gasteiger partial charge in [-0.25, -0.2) is 4.98 Å². The molecule has 2 heterocycles. The van der Waals surface area contributed by atoms with Gasteiger partial charge in [0.2, 0.25) is 5.13 Å². The van der Waals surface area contributed by atoms with Crippen molar-refractivity contribution in [2.24, 2.45) is 5.73 Å². The van der Waals surface area contributed by atoms with Crippen molar-refractivity contribution >= 4 is 22.4 Å². The summed E-state index contributed by atoms with van der Waals surface area (Å²) in [6.07, 6.45) is 3.41. The van der Waals surface area contributed by atoms with Crippen LogP contribution in [0.15, 0.2) is 12.4 Å². The fourth-order valence-corrected chi connectivity index (χ4v) is 1.45. The van der Waals surface area contributed by atoms with E-state index < -0.39 is 0 Å². The smallest absolute Gasteiger partial charge is 0.207 e. The third kappa shape index (κ3) is 1.82. The van der Waals surface area contributed by atoms with Crippen LogP contribution in [0, 0.1) is 0 Å². The summed E-state index contributed by atoms with van der Waals surface area (Å²) in [5, 5.41) is 10.2. The van der Waals surface area contributed by atoms with E-state index in [-0.39, 0.29) is 0 Å². The van der Waals surface area contributed by atoms with Crippen LogP contribution >= 0.6 is 11.5 Å². The fraction of sp³-hybridized carbons (Fsp3) is 0.167. The summed E-state index contributed by atoms with van der Waals surface area (Å²) in [7, 11) is 0. The van der Waals surface area contributed by atoms with Crippen LogP contribution in [-0.2, 0) is 6.54 Å². The molecule has 4 N–H and O–H groups in total. The van der Waals surface area contributed by atoms with Crippen molar-refractivity contribution in [1.82, 2.24) is 19.6 Å². The molecule has 2 rings (SSSR count). The van der Waals surface area contributed by atoms with Gasteiger partial charge in [-0.2, -0.15) is 9.47 Å². The van der Waals surface area contributed by atoms with Crippen LogP contribution in [0.25, 0.3) is 0 Å². The Labute approximate surface area is 78.4 Å². The quantitative estimate of drug-likeness (QED) is 0.663. The van der Waals surface area contributed by atoms with Crippen molar-refractivity contribution < 1.29 is 0 Å². The van der Waals surface area contributed by atoms with Gasteiger partial charge >= 0.3 is 0 Å². The van der Waals surface area contributed by atoms with E-state index in [4.69, 9.17) is 5.73 Å². The van der Waals surface area contributed by atoms with E-state index in [1.54, 1.807) is 12.4 Å². The molecule has 0 aliphatic carbocycles. The monoisotopic (exact) mass is 196 g/mol. The number of nitrogens with two attached hydrogens (primary N) is 1. The molecule has 2 aromatic heterocycles. The number of aromatic amines is 1. The maximum atomic E-state index is 5.37. The SMILES string of the molecule is NCc1nsc(Nc2cn[nH]c2)n1. The van der Waals surface area contributed by atoms with Crippen LogP contribution < -0.4 is 11.1 Å². The molecule has 0 radical (unpaired) electrons. The maximum absolute atomic E-state index is 5.37. The highest BCUT2D eigenvalue weighted by molar-refractivity contribution is 7.09. The molecule has 0 aliphatic heterocycles. The lowest BCUT2D eigenvalue weighted by Crippen LogP contribution is -1.98. The highest BCUT2D eigenvalue weighted by atomic mass is 32.1. The second-order valence-corrected chi connectivity index (χ2v) is 3.08. The zero-order valence-electron chi connectivity index (χ0n) is 6.69. The molecule has 0 saturated heterocycles. The molecule has 0 amide bonds. The topological polar surface area (TPSA) is 92.5 Å².